The van der Waals surface area contributed by atoms with Crippen LogP contribution in [0.2, 0.25) is 5.02 Å². The largest absolute Gasteiger partial charge is 0.467 e. The molecule has 0 amide bonds. The molecule has 1 unspecified atom stereocenters. The smallest absolute Gasteiger partial charge is 0.332 e. The van der Waals surface area contributed by atoms with Crippen molar-refractivity contribution in [3.63, 3.8) is 0 Å². The zero-order chi connectivity index (χ0) is 18.7. The minimum Gasteiger partial charge on any atom is -0.467 e. The van der Waals surface area contributed by atoms with Crippen molar-refractivity contribution >= 4 is 29.6 Å². The fourth-order valence-corrected chi connectivity index (χ4v) is 4.24. The second-order valence-corrected chi connectivity index (χ2v) is 8.30. The number of halogens is 1. The van der Waals surface area contributed by atoms with Crippen molar-refractivity contribution in [1.82, 2.24) is 4.90 Å². The van der Waals surface area contributed by atoms with Crippen molar-refractivity contribution in [2.75, 3.05) is 19.0 Å². The number of esters is 1. The summed E-state index contributed by atoms with van der Waals surface area (Å²) in [6.07, 6.45) is 6.40. The number of benzene rings is 1. The Labute approximate surface area is 160 Å². The Morgan fingerprint density at radius 1 is 1.23 bits per heavy atom. The number of hydrogen-bond donors (Lipinski definition) is 1. The van der Waals surface area contributed by atoms with Gasteiger partial charge in [0.2, 0.25) is 0 Å². The number of ether oxygens (including phenoxy) is 1. The maximum Gasteiger partial charge on any atom is 0.332 e. The zero-order valence-corrected chi connectivity index (χ0v) is 16.5. The molecular formula is C20H28ClN3O2. The maximum atomic E-state index is 11.6. The van der Waals surface area contributed by atoms with Crippen molar-refractivity contribution in [1.29, 1.82) is 0 Å². The lowest BCUT2D eigenvalue weighted by Gasteiger charge is -2.42. The van der Waals surface area contributed by atoms with Gasteiger partial charge in [0, 0.05) is 22.3 Å². The Hall–Kier alpha value is -1.75. The molecule has 3 rings (SSSR count). The normalized spacial score (nSPS) is 26.0. The SMILES string of the molecule is COC(=O)C1CN(C2CCC(C(C)(C)Nc3ccc(Cl)cc3)CC2)C=N1. The fraction of sp³-hybridized carbons (Fsp3) is 0.600. The van der Waals surface area contributed by atoms with Gasteiger partial charge in [0.25, 0.3) is 0 Å². The molecule has 1 fully saturated rings. The average molecular weight is 378 g/mol. The molecule has 1 N–H and O–H groups in total. The Kier molecular flexibility index (Phi) is 5.76. The van der Waals surface area contributed by atoms with Gasteiger partial charge in [-0.15, -0.1) is 0 Å². The molecule has 1 aliphatic carbocycles. The lowest BCUT2D eigenvalue weighted by atomic mass is 9.75. The van der Waals surface area contributed by atoms with Crippen LogP contribution in [0, 0.1) is 5.92 Å². The van der Waals surface area contributed by atoms with Crippen LogP contribution < -0.4 is 5.32 Å². The average Bonchev–Trinajstić information content (AvgIpc) is 3.13. The van der Waals surface area contributed by atoms with Gasteiger partial charge in [0.05, 0.1) is 20.0 Å². The second kappa shape index (κ2) is 7.87. The number of nitrogens with zero attached hydrogens (tertiary/aromatic N) is 2. The summed E-state index contributed by atoms with van der Waals surface area (Å²) in [5, 5.41) is 4.43. The molecule has 1 heterocycles. The third-order valence-electron chi connectivity index (χ3n) is 5.75. The topological polar surface area (TPSA) is 53.9 Å². The molecule has 0 spiro atoms. The second-order valence-electron chi connectivity index (χ2n) is 7.86. The quantitative estimate of drug-likeness (QED) is 0.789. The standard InChI is InChI=1S/C20H28ClN3O2/c1-20(2,23-16-8-6-15(21)7-9-16)14-4-10-17(11-5-14)24-12-18(22-13-24)19(25)26-3/h6-9,13-14,17-18,23H,4-5,10-12H2,1-3H3. The molecule has 5 nitrogen and oxygen atoms in total. The lowest BCUT2D eigenvalue weighted by molar-refractivity contribution is -0.142. The summed E-state index contributed by atoms with van der Waals surface area (Å²) in [7, 11) is 1.42. The van der Waals surface area contributed by atoms with Gasteiger partial charge < -0.3 is 15.0 Å². The van der Waals surface area contributed by atoms with E-state index in [0.29, 0.717) is 18.5 Å². The highest BCUT2D eigenvalue weighted by atomic mass is 35.5. The summed E-state index contributed by atoms with van der Waals surface area (Å²) in [6.45, 7) is 5.20. The van der Waals surface area contributed by atoms with Crippen LogP contribution in [0.3, 0.4) is 0 Å². The number of aliphatic imine (C=N–C) groups is 1. The van der Waals surface area contributed by atoms with E-state index in [4.69, 9.17) is 16.3 Å². The van der Waals surface area contributed by atoms with Crippen molar-refractivity contribution in [2.45, 2.75) is 57.2 Å². The molecule has 1 aromatic rings. The molecule has 0 saturated heterocycles. The predicted molar refractivity (Wildman–Crippen MR) is 106 cm³/mol. The first-order chi connectivity index (χ1) is 12.4. The van der Waals surface area contributed by atoms with Gasteiger partial charge >= 0.3 is 5.97 Å². The lowest BCUT2D eigenvalue weighted by Crippen LogP contribution is -2.45. The van der Waals surface area contributed by atoms with Crippen LogP contribution in [0.5, 0.6) is 0 Å². The molecule has 0 radical (unpaired) electrons. The van der Waals surface area contributed by atoms with E-state index in [2.05, 4.69) is 29.1 Å². The molecule has 142 valence electrons. The van der Waals surface area contributed by atoms with Crippen LogP contribution >= 0.6 is 11.6 Å². The highest BCUT2D eigenvalue weighted by molar-refractivity contribution is 6.30. The summed E-state index contributed by atoms with van der Waals surface area (Å²) in [6, 6.07) is 8.01. The number of anilines is 1. The van der Waals surface area contributed by atoms with E-state index in [1.165, 1.54) is 7.11 Å². The molecular weight excluding hydrogens is 350 g/mol. The van der Waals surface area contributed by atoms with Crippen LogP contribution in [-0.2, 0) is 9.53 Å². The van der Waals surface area contributed by atoms with Crippen molar-refractivity contribution in [3.05, 3.63) is 29.3 Å². The van der Waals surface area contributed by atoms with Gasteiger partial charge in [-0.25, -0.2) is 4.79 Å². The minimum absolute atomic E-state index is 0.0203. The van der Waals surface area contributed by atoms with E-state index in [1.807, 2.05) is 30.6 Å². The monoisotopic (exact) mass is 377 g/mol. The number of rotatable bonds is 5. The van der Waals surface area contributed by atoms with Gasteiger partial charge in [-0.2, -0.15) is 0 Å². The number of methoxy groups -OCH3 is 1. The fourth-order valence-electron chi connectivity index (χ4n) is 4.11. The summed E-state index contributed by atoms with van der Waals surface area (Å²) in [5.41, 5.74) is 1.13. The van der Waals surface area contributed by atoms with E-state index in [1.54, 1.807) is 0 Å². The highest BCUT2D eigenvalue weighted by Gasteiger charge is 2.36. The van der Waals surface area contributed by atoms with Crippen LogP contribution in [0.25, 0.3) is 0 Å². The Morgan fingerprint density at radius 2 is 1.88 bits per heavy atom. The molecule has 26 heavy (non-hydrogen) atoms. The van der Waals surface area contributed by atoms with Crippen molar-refractivity contribution in [2.24, 2.45) is 10.9 Å². The number of nitrogens with one attached hydrogen (secondary N) is 1. The first-order valence-electron chi connectivity index (χ1n) is 9.29. The van der Waals surface area contributed by atoms with Gasteiger partial charge in [0.15, 0.2) is 6.04 Å². The summed E-state index contributed by atoms with van der Waals surface area (Å²) < 4.78 is 4.80. The third kappa shape index (κ3) is 4.32. The van der Waals surface area contributed by atoms with Gasteiger partial charge in [-0.05, 0) is 69.7 Å². The summed E-state index contributed by atoms with van der Waals surface area (Å²) in [4.78, 5) is 18.2. The first kappa shape index (κ1) is 19.0. The molecule has 1 atom stereocenters. The maximum absolute atomic E-state index is 11.6. The zero-order valence-electron chi connectivity index (χ0n) is 15.7. The molecule has 1 aromatic carbocycles. The predicted octanol–water partition coefficient (Wildman–Crippen LogP) is 3.97. The number of carbonyl (C=O) groups excluding carboxylic acids is 1. The Bertz CT molecular complexity index is 652. The summed E-state index contributed by atoms with van der Waals surface area (Å²) >= 11 is 5.98. The van der Waals surface area contributed by atoms with Crippen molar-refractivity contribution in [3.8, 4) is 0 Å². The number of hydrogen-bond acceptors (Lipinski definition) is 5. The summed E-state index contributed by atoms with van der Waals surface area (Å²) in [5.74, 6) is 0.358. The molecule has 0 aromatic heterocycles. The van der Waals surface area contributed by atoms with E-state index in [-0.39, 0.29) is 17.6 Å². The molecule has 6 heteroatoms. The van der Waals surface area contributed by atoms with Gasteiger partial charge in [-0.1, -0.05) is 11.6 Å². The van der Waals surface area contributed by atoms with Crippen LogP contribution in [0.4, 0.5) is 5.69 Å². The molecule has 1 saturated carbocycles. The molecule has 0 bridgehead atoms. The van der Waals surface area contributed by atoms with Gasteiger partial charge in [0.1, 0.15) is 0 Å². The van der Waals surface area contributed by atoms with Crippen LogP contribution in [0.15, 0.2) is 29.3 Å². The van der Waals surface area contributed by atoms with Crippen molar-refractivity contribution < 1.29 is 9.53 Å². The van der Waals surface area contributed by atoms with Crippen LogP contribution in [-0.4, -0.2) is 48.5 Å². The van der Waals surface area contributed by atoms with E-state index < -0.39 is 0 Å². The Morgan fingerprint density at radius 3 is 2.50 bits per heavy atom. The third-order valence-corrected chi connectivity index (χ3v) is 6.00. The number of carbonyl (C=O) groups is 1. The molecule has 1 aliphatic heterocycles. The van der Waals surface area contributed by atoms with E-state index >= 15 is 0 Å². The first-order valence-corrected chi connectivity index (χ1v) is 9.67. The molecule has 2 aliphatic rings. The van der Waals surface area contributed by atoms with E-state index in [9.17, 15) is 4.79 Å². The van der Waals surface area contributed by atoms with E-state index in [0.717, 1.165) is 36.4 Å². The minimum atomic E-state index is -0.360. The highest BCUT2D eigenvalue weighted by Crippen LogP contribution is 2.36. The van der Waals surface area contributed by atoms with Gasteiger partial charge in [-0.3, -0.25) is 4.99 Å². The van der Waals surface area contributed by atoms with Crippen LogP contribution in [0.1, 0.15) is 39.5 Å². The Balaban J connectivity index is 1.52.